The van der Waals surface area contributed by atoms with Crippen LogP contribution in [0.25, 0.3) is 0 Å². The van der Waals surface area contributed by atoms with E-state index >= 15 is 0 Å². The number of hydrogen-bond donors (Lipinski definition) is 1. The lowest BCUT2D eigenvalue weighted by Crippen LogP contribution is -2.52. The van der Waals surface area contributed by atoms with Gasteiger partial charge in [-0.1, -0.05) is 49.6 Å². The zero-order valence-corrected chi connectivity index (χ0v) is 16.8. The number of morpholine rings is 1. The maximum atomic E-state index is 13.1. The number of rotatable bonds is 7. The van der Waals surface area contributed by atoms with Crippen molar-refractivity contribution < 1.29 is 14.3 Å². The molecule has 0 radical (unpaired) electrons. The van der Waals surface area contributed by atoms with Crippen LogP contribution < -0.4 is 5.32 Å². The monoisotopic (exact) mass is 374 g/mol. The summed E-state index contributed by atoms with van der Waals surface area (Å²) in [6, 6.07) is 9.75. The largest absolute Gasteiger partial charge is 0.379 e. The van der Waals surface area contributed by atoms with Gasteiger partial charge in [0.25, 0.3) is 5.91 Å². The molecule has 1 aliphatic carbocycles. The van der Waals surface area contributed by atoms with E-state index in [-0.39, 0.29) is 11.3 Å². The summed E-state index contributed by atoms with van der Waals surface area (Å²) in [5, 5.41) is 3.25. The van der Waals surface area contributed by atoms with Crippen molar-refractivity contribution in [2.45, 2.75) is 44.6 Å². The fourth-order valence-electron chi connectivity index (χ4n) is 4.46. The lowest BCUT2D eigenvalue weighted by Gasteiger charge is -2.43. The van der Waals surface area contributed by atoms with Crippen molar-refractivity contribution in [3.05, 3.63) is 35.9 Å². The van der Waals surface area contributed by atoms with Crippen molar-refractivity contribution >= 4 is 5.91 Å². The number of carbonyl (C=O) groups excluding carboxylic acids is 1. The SMILES string of the molecule is COC(C)(C(=O)NCC1(CN2CCOCC2)CCCCC1)c1ccccc1. The van der Waals surface area contributed by atoms with Crippen molar-refractivity contribution in [1.29, 1.82) is 0 Å². The minimum atomic E-state index is -0.962. The van der Waals surface area contributed by atoms with Crippen molar-refractivity contribution in [3.63, 3.8) is 0 Å². The first-order valence-electron chi connectivity index (χ1n) is 10.3. The topological polar surface area (TPSA) is 50.8 Å². The van der Waals surface area contributed by atoms with E-state index in [1.54, 1.807) is 7.11 Å². The van der Waals surface area contributed by atoms with E-state index in [2.05, 4.69) is 10.2 Å². The zero-order valence-electron chi connectivity index (χ0n) is 16.8. The number of nitrogens with one attached hydrogen (secondary N) is 1. The van der Waals surface area contributed by atoms with Crippen LogP contribution in [0.2, 0.25) is 0 Å². The summed E-state index contributed by atoms with van der Waals surface area (Å²) < 4.78 is 11.2. The Morgan fingerprint density at radius 2 is 1.85 bits per heavy atom. The summed E-state index contributed by atoms with van der Waals surface area (Å²) in [7, 11) is 1.61. The third-order valence-electron chi connectivity index (χ3n) is 6.37. The van der Waals surface area contributed by atoms with Gasteiger partial charge in [-0.3, -0.25) is 9.69 Å². The molecule has 1 unspecified atom stereocenters. The molecule has 150 valence electrons. The van der Waals surface area contributed by atoms with Crippen LogP contribution in [0.15, 0.2) is 30.3 Å². The minimum Gasteiger partial charge on any atom is -0.379 e. The Kier molecular flexibility index (Phi) is 6.90. The molecule has 0 bridgehead atoms. The van der Waals surface area contributed by atoms with Gasteiger partial charge in [0.15, 0.2) is 5.60 Å². The van der Waals surface area contributed by atoms with Gasteiger partial charge in [0.1, 0.15) is 0 Å². The van der Waals surface area contributed by atoms with Crippen LogP contribution in [0.4, 0.5) is 0 Å². The number of ether oxygens (including phenoxy) is 2. The average Bonchev–Trinajstić information content (AvgIpc) is 2.73. The van der Waals surface area contributed by atoms with E-state index in [0.29, 0.717) is 0 Å². The summed E-state index contributed by atoms with van der Waals surface area (Å²) in [4.78, 5) is 15.6. The maximum absolute atomic E-state index is 13.1. The van der Waals surface area contributed by atoms with Crippen LogP contribution in [0.5, 0.6) is 0 Å². The molecular formula is C22H34N2O3. The van der Waals surface area contributed by atoms with Crippen molar-refractivity contribution in [3.8, 4) is 0 Å². The second kappa shape index (κ2) is 9.18. The molecular weight excluding hydrogens is 340 g/mol. The molecule has 2 aliphatic rings. The molecule has 0 aromatic heterocycles. The number of methoxy groups -OCH3 is 1. The van der Waals surface area contributed by atoms with Gasteiger partial charge in [-0.2, -0.15) is 0 Å². The summed E-state index contributed by atoms with van der Waals surface area (Å²) in [5.74, 6) is -0.0527. The molecule has 1 aliphatic heterocycles. The highest BCUT2D eigenvalue weighted by Gasteiger charge is 2.39. The number of carbonyl (C=O) groups is 1. The number of nitrogens with zero attached hydrogens (tertiary/aromatic N) is 1. The molecule has 0 spiro atoms. The Balaban J connectivity index is 1.67. The van der Waals surface area contributed by atoms with Gasteiger partial charge in [0, 0.05) is 38.7 Å². The van der Waals surface area contributed by atoms with Crippen LogP contribution in [0, 0.1) is 5.41 Å². The van der Waals surface area contributed by atoms with E-state index in [9.17, 15) is 4.79 Å². The Morgan fingerprint density at radius 3 is 2.48 bits per heavy atom. The normalized spacial score (nSPS) is 22.7. The fraction of sp³-hybridized carbons (Fsp3) is 0.682. The predicted octanol–water partition coefficient (Wildman–Crippen LogP) is 2.95. The molecule has 1 atom stereocenters. The quantitative estimate of drug-likeness (QED) is 0.797. The predicted molar refractivity (Wildman–Crippen MR) is 107 cm³/mol. The molecule has 2 fully saturated rings. The van der Waals surface area contributed by atoms with Gasteiger partial charge in [-0.25, -0.2) is 0 Å². The van der Waals surface area contributed by atoms with Crippen LogP contribution in [-0.2, 0) is 19.9 Å². The highest BCUT2D eigenvalue weighted by atomic mass is 16.5. The molecule has 27 heavy (non-hydrogen) atoms. The second-order valence-corrected chi connectivity index (χ2v) is 8.24. The highest BCUT2D eigenvalue weighted by Crippen LogP contribution is 2.37. The van der Waals surface area contributed by atoms with Crippen LogP contribution in [0.3, 0.4) is 0 Å². The van der Waals surface area contributed by atoms with Crippen molar-refractivity contribution in [2.75, 3.05) is 46.5 Å². The summed E-state index contributed by atoms with van der Waals surface area (Å²) >= 11 is 0. The standard InChI is InChI=1S/C22H34N2O3/c1-21(26-2,19-9-5-3-6-10-19)20(25)23-17-22(11-7-4-8-12-22)18-24-13-15-27-16-14-24/h3,5-6,9-10H,4,7-8,11-18H2,1-2H3,(H,23,25). The lowest BCUT2D eigenvalue weighted by molar-refractivity contribution is -0.143. The van der Waals surface area contributed by atoms with E-state index in [4.69, 9.17) is 9.47 Å². The Morgan fingerprint density at radius 1 is 1.19 bits per heavy atom. The number of benzene rings is 1. The van der Waals surface area contributed by atoms with E-state index in [1.807, 2.05) is 37.3 Å². The first kappa shape index (κ1) is 20.3. The molecule has 1 aromatic rings. The third-order valence-corrected chi connectivity index (χ3v) is 6.37. The molecule has 1 saturated heterocycles. The smallest absolute Gasteiger partial charge is 0.256 e. The van der Waals surface area contributed by atoms with E-state index < -0.39 is 5.60 Å². The Hall–Kier alpha value is -1.43. The molecule has 1 amide bonds. The summed E-state index contributed by atoms with van der Waals surface area (Å²) in [6.45, 7) is 7.25. The first-order valence-corrected chi connectivity index (χ1v) is 10.3. The van der Waals surface area contributed by atoms with E-state index in [0.717, 1.165) is 45.0 Å². The Bertz CT molecular complexity index is 595. The van der Waals surface area contributed by atoms with Crippen LogP contribution >= 0.6 is 0 Å². The molecule has 1 heterocycles. The van der Waals surface area contributed by atoms with Gasteiger partial charge in [-0.15, -0.1) is 0 Å². The minimum absolute atomic E-state index is 0.0527. The summed E-state index contributed by atoms with van der Waals surface area (Å²) in [5.41, 5.74) is 0.0861. The van der Waals surface area contributed by atoms with Gasteiger partial charge >= 0.3 is 0 Å². The zero-order chi connectivity index (χ0) is 19.2. The van der Waals surface area contributed by atoms with Crippen molar-refractivity contribution in [2.24, 2.45) is 5.41 Å². The fourth-order valence-corrected chi connectivity index (χ4v) is 4.46. The second-order valence-electron chi connectivity index (χ2n) is 8.24. The maximum Gasteiger partial charge on any atom is 0.256 e. The summed E-state index contributed by atoms with van der Waals surface area (Å²) in [6.07, 6.45) is 6.17. The van der Waals surface area contributed by atoms with Crippen LogP contribution in [-0.4, -0.2) is 57.3 Å². The van der Waals surface area contributed by atoms with Gasteiger partial charge in [-0.05, 0) is 25.3 Å². The molecule has 1 saturated carbocycles. The number of hydrogen-bond acceptors (Lipinski definition) is 4. The molecule has 1 N–H and O–H groups in total. The van der Waals surface area contributed by atoms with Gasteiger partial charge in [0.2, 0.25) is 0 Å². The molecule has 1 aromatic carbocycles. The average molecular weight is 375 g/mol. The van der Waals surface area contributed by atoms with Gasteiger partial charge in [0.05, 0.1) is 13.2 Å². The number of amides is 1. The van der Waals surface area contributed by atoms with Gasteiger partial charge < -0.3 is 14.8 Å². The third kappa shape index (κ3) is 4.89. The first-order chi connectivity index (χ1) is 13.1. The Labute approximate surface area is 163 Å². The van der Waals surface area contributed by atoms with Crippen molar-refractivity contribution in [1.82, 2.24) is 10.2 Å². The molecule has 3 rings (SSSR count). The van der Waals surface area contributed by atoms with Crippen LogP contribution in [0.1, 0.15) is 44.6 Å². The lowest BCUT2D eigenvalue weighted by atomic mass is 9.73. The molecule has 5 heteroatoms. The molecule has 5 nitrogen and oxygen atoms in total. The van der Waals surface area contributed by atoms with E-state index in [1.165, 1.54) is 32.1 Å². The highest BCUT2D eigenvalue weighted by molar-refractivity contribution is 5.86.